The molecule has 0 heterocycles. The maximum atomic E-state index is 12.7. The van der Waals surface area contributed by atoms with Crippen molar-refractivity contribution in [3.05, 3.63) is 97.2 Å². The van der Waals surface area contributed by atoms with E-state index in [1.54, 1.807) is 0 Å². The minimum absolute atomic E-state index is 0.0853. The summed E-state index contributed by atoms with van der Waals surface area (Å²) in [6.07, 6.45) is 68.6. The third kappa shape index (κ3) is 49.3. The van der Waals surface area contributed by atoms with Crippen molar-refractivity contribution in [2.75, 3.05) is 13.2 Å². The van der Waals surface area contributed by atoms with Gasteiger partial charge in [-0.2, -0.15) is 0 Å². The molecule has 0 saturated carbocycles. The normalized spacial score (nSPS) is 12.9. The minimum Gasteiger partial charge on any atom is -0.462 e. The number of unbranched alkanes of at least 4 members (excludes halogenated alkanes) is 19. The molecule has 0 aromatic heterocycles. The van der Waals surface area contributed by atoms with E-state index in [-0.39, 0.29) is 31.1 Å². The first kappa shape index (κ1) is 60.3. The minimum atomic E-state index is -0.781. The first-order valence-electron chi connectivity index (χ1n) is 26.2. The molecule has 0 fully saturated rings. The van der Waals surface area contributed by atoms with Gasteiger partial charge in [0.1, 0.15) is 13.2 Å². The molecule has 1 unspecified atom stereocenters. The van der Waals surface area contributed by atoms with Crippen LogP contribution in [0.1, 0.15) is 233 Å². The highest BCUT2D eigenvalue weighted by atomic mass is 16.6. The van der Waals surface area contributed by atoms with Crippen LogP contribution in [-0.2, 0) is 28.6 Å². The van der Waals surface area contributed by atoms with E-state index in [4.69, 9.17) is 14.2 Å². The van der Waals surface area contributed by atoms with Gasteiger partial charge in [-0.15, -0.1) is 0 Å². The van der Waals surface area contributed by atoms with E-state index < -0.39 is 6.10 Å². The number of hydrogen-bond donors (Lipinski definition) is 0. The van der Waals surface area contributed by atoms with E-state index in [2.05, 4.69) is 118 Å². The Hall–Kier alpha value is -3.67. The zero-order chi connectivity index (χ0) is 46.5. The summed E-state index contributed by atoms with van der Waals surface area (Å²) in [7, 11) is 0. The summed E-state index contributed by atoms with van der Waals surface area (Å²) in [6, 6.07) is 0. The Morgan fingerprint density at radius 1 is 0.328 bits per heavy atom. The summed E-state index contributed by atoms with van der Waals surface area (Å²) in [5, 5.41) is 0. The van der Waals surface area contributed by atoms with E-state index in [0.29, 0.717) is 19.3 Å². The van der Waals surface area contributed by atoms with Gasteiger partial charge in [-0.1, -0.05) is 227 Å². The van der Waals surface area contributed by atoms with Gasteiger partial charge in [0.2, 0.25) is 0 Å². The summed E-state index contributed by atoms with van der Waals surface area (Å²) in [4.78, 5) is 37.6. The first-order valence-corrected chi connectivity index (χ1v) is 26.2. The lowest BCUT2D eigenvalue weighted by Crippen LogP contribution is -2.30. The highest BCUT2D eigenvalue weighted by molar-refractivity contribution is 5.71. The lowest BCUT2D eigenvalue weighted by Gasteiger charge is -2.18. The van der Waals surface area contributed by atoms with Gasteiger partial charge in [0.05, 0.1) is 0 Å². The number of allylic oxidation sites excluding steroid dienone is 16. The molecule has 0 aliphatic carbocycles. The fourth-order valence-electron chi connectivity index (χ4n) is 6.93. The summed E-state index contributed by atoms with van der Waals surface area (Å²) < 4.78 is 16.6. The van der Waals surface area contributed by atoms with E-state index in [1.807, 2.05) is 0 Å². The Balaban J connectivity index is 4.16. The monoisotopic (exact) mass is 889 g/mol. The number of ether oxygens (including phenoxy) is 3. The van der Waals surface area contributed by atoms with Gasteiger partial charge in [-0.25, -0.2) is 0 Å². The van der Waals surface area contributed by atoms with E-state index in [1.165, 1.54) is 64.2 Å². The third-order valence-corrected chi connectivity index (χ3v) is 10.9. The molecule has 6 nitrogen and oxygen atoms in total. The van der Waals surface area contributed by atoms with Gasteiger partial charge in [0.15, 0.2) is 6.10 Å². The van der Waals surface area contributed by atoms with Crippen LogP contribution in [0, 0.1) is 0 Å². The van der Waals surface area contributed by atoms with Crippen molar-refractivity contribution in [3.63, 3.8) is 0 Å². The summed E-state index contributed by atoms with van der Waals surface area (Å²) in [5.41, 5.74) is 0. The van der Waals surface area contributed by atoms with Crippen LogP contribution in [0.2, 0.25) is 0 Å². The zero-order valence-corrected chi connectivity index (χ0v) is 41.5. The molecular weight excluding hydrogens is 793 g/mol. The molecule has 6 heteroatoms. The molecule has 0 rings (SSSR count). The van der Waals surface area contributed by atoms with Crippen molar-refractivity contribution in [2.45, 2.75) is 239 Å². The highest BCUT2D eigenvalue weighted by Crippen LogP contribution is 2.14. The maximum absolute atomic E-state index is 12.7. The van der Waals surface area contributed by atoms with Crippen molar-refractivity contribution in [3.8, 4) is 0 Å². The summed E-state index contributed by atoms with van der Waals surface area (Å²) in [5.74, 6) is -0.928. The largest absolute Gasteiger partial charge is 0.462 e. The van der Waals surface area contributed by atoms with E-state index in [9.17, 15) is 14.4 Å². The number of rotatable bonds is 46. The molecule has 0 radical (unpaired) electrons. The van der Waals surface area contributed by atoms with E-state index >= 15 is 0 Å². The third-order valence-electron chi connectivity index (χ3n) is 10.9. The second-order valence-electron chi connectivity index (χ2n) is 17.1. The van der Waals surface area contributed by atoms with Crippen LogP contribution in [0.15, 0.2) is 97.2 Å². The van der Waals surface area contributed by atoms with Crippen molar-refractivity contribution in [1.82, 2.24) is 0 Å². The molecule has 0 aromatic carbocycles. The molecule has 0 amide bonds. The predicted octanol–water partition coefficient (Wildman–Crippen LogP) is 17.4. The fourth-order valence-corrected chi connectivity index (χ4v) is 6.93. The number of carbonyl (C=O) groups excluding carboxylic acids is 3. The Bertz CT molecular complexity index is 1300. The molecule has 0 aliphatic heterocycles. The number of carbonyl (C=O) groups is 3. The lowest BCUT2D eigenvalue weighted by molar-refractivity contribution is -0.167. The highest BCUT2D eigenvalue weighted by Gasteiger charge is 2.19. The molecule has 0 saturated heterocycles. The summed E-state index contributed by atoms with van der Waals surface area (Å²) >= 11 is 0. The van der Waals surface area contributed by atoms with Crippen LogP contribution in [0.5, 0.6) is 0 Å². The second kappa shape index (κ2) is 52.0. The predicted molar refractivity (Wildman–Crippen MR) is 274 cm³/mol. The molecule has 0 spiro atoms. The van der Waals surface area contributed by atoms with Gasteiger partial charge < -0.3 is 14.2 Å². The van der Waals surface area contributed by atoms with Crippen molar-refractivity contribution < 1.29 is 28.6 Å². The van der Waals surface area contributed by atoms with Gasteiger partial charge in [0, 0.05) is 19.3 Å². The van der Waals surface area contributed by atoms with Crippen molar-refractivity contribution in [2.24, 2.45) is 0 Å². The van der Waals surface area contributed by atoms with Crippen molar-refractivity contribution >= 4 is 17.9 Å². The molecule has 1 atom stereocenters. The SMILES string of the molecule is CC/C=C\C/C=C\C/C=C\C/C=C\C/C=C\C/C=C\C/C=C\C/C=C\CCCCCCC(=O)OCC(COC(=O)CCCCCCC)OC(=O)CCCCCCCCCCCCCC. The molecule has 0 aliphatic rings. The van der Waals surface area contributed by atoms with Gasteiger partial charge in [0.25, 0.3) is 0 Å². The van der Waals surface area contributed by atoms with E-state index in [0.717, 1.165) is 128 Å². The average molecular weight is 889 g/mol. The summed E-state index contributed by atoms with van der Waals surface area (Å²) in [6.45, 7) is 6.40. The fraction of sp³-hybridized carbons (Fsp3) is 0.672. The second-order valence-corrected chi connectivity index (χ2v) is 17.1. The molecule has 0 aromatic rings. The first-order chi connectivity index (χ1) is 31.5. The van der Waals surface area contributed by atoms with Crippen LogP contribution in [0.25, 0.3) is 0 Å². The Morgan fingerprint density at radius 3 is 0.953 bits per heavy atom. The topological polar surface area (TPSA) is 78.9 Å². The van der Waals surface area contributed by atoms with Gasteiger partial charge in [-0.3, -0.25) is 14.4 Å². The number of hydrogen-bond acceptors (Lipinski definition) is 6. The molecule has 64 heavy (non-hydrogen) atoms. The van der Waals surface area contributed by atoms with Crippen LogP contribution in [0.4, 0.5) is 0 Å². The molecule has 364 valence electrons. The quantitative estimate of drug-likeness (QED) is 0.0262. The Morgan fingerprint density at radius 2 is 0.609 bits per heavy atom. The number of esters is 3. The van der Waals surface area contributed by atoms with Crippen LogP contribution >= 0.6 is 0 Å². The van der Waals surface area contributed by atoms with Crippen molar-refractivity contribution in [1.29, 1.82) is 0 Å². The van der Waals surface area contributed by atoms with Gasteiger partial charge in [-0.05, 0) is 83.5 Å². The smallest absolute Gasteiger partial charge is 0.306 e. The van der Waals surface area contributed by atoms with Crippen LogP contribution < -0.4 is 0 Å². The molecular formula is C58H96O6. The Labute approximate surface area is 394 Å². The maximum Gasteiger partial charge on any atom is 0.306 e. The Kier molecular flexibility index (Phi) is 49.0. The van der Waals surface area contributed by atoms with Crippen LogP contribution in [0.3, 0.4) is 0 Å². The average Bonchev–Trinajstić information content (AvgIpc) is 3.29. The molecule has 0 bridgehead atoms. The van der Waals surface area contributed by atoms with Crippen LogP contribution in [-0.4, -0.2) is 37.2 Å². The standard InChI is InChI=1S/C58H96O6/c1-4-7-10-13-15-17-19-21-22-23-24-25-26-27-28-29-30-31-32-33-34-35-36-37-39-40-42-45-48-51-57(60)63-54-55(53-62-56(59)50-47-44-12-9-6-3)64-58(61)52-49-46-43-41-38-20-18-16-14-11-8-5-2/h7,10,15,17,21-22,24-25,27-28,30-31,33-34,36-37,55H,4-6,8-9,11-14,16,18-20,23,26,29,32,35,38-54H2,1-3H3/b10-7-,17-15-,22-21-,25-24-,28-27-,31-30-,34-33-,37-36-. The lowest BCUT2D eigenvalue weighted by atomic mass is 10.0. The van der Waals surface area contributed by atoms with Gasteiger partial charge >= 0.3 is 17.9 Å². The zero-order valence-electron chi connectivity index (χ0n) is 41.5. The molecule has 0 N–H and O–H groups in total.